The minimum absolute atomic E-state index is 0.127. The summed E-state index contributed by atoms with van der Waals surface area (Å²) in [5, 5.41) is 4.72. The van der Waals surface area contributed by atoms with Gasteiger partial charge in [-0.25, -0.2) is 0 Å². The van der Waals surface area contributed by atoms with Crippen molar-refractivity contribution < 1.29 is 19.1 Å². The molecule has 144 valence electrons. The lowest BCUT2D eigenvalue weighted by molar-refractivity contribution is -0.154. The van der Waals surface area contributed by atoms with Crippen LogP contribution in [0.1, 0.15) is 22.1 Å². The monoisotopic (exact) mass is 395 g/mol. The van der Waals surface area contributed by atoms with Gasteiger partial charge in [0.2, 0.25) is 6.10 Å². The summed E-state index contributed by atoms with van der Waals surface area (Å²) in [5.41, 5.74) is 2.11. The number of esters is 1. The first kappa shape index (κ1) is 19.6. The molecule has 6 heteroatoms. The fourth-order valence-electron chi connectivity index (χ4n) is 2.75. The Labute approximate surface area is 167 Å². The van der Waals surface area contributed by atoms with Crippen molar-refractivity contribution in [1.29, 1.82) is 0 Å². The predicted octanol–water partition coefficient (Wildman–Crippen LogP) is 4.53. The summed E-state index contributed by atoms with van der Waals surface area (Å²) in [6.45, 7) is 1.92. The Bertz CT molecular complexity index is 938. The van der Waals surface area contributed by atoms with Crippen molar-refractivity contribution in [1.82, 2.24) is 0 Å². The first-order chi connectivity index (χ1) is 13.6. The number of hydrogen-bond donors (Lipinski definition) is 1. The van der Waals surface area contributed by atoms with Gasteiger partial charge in [-0.1, -0.05) is 42.5 Å². The summed E-state index contributed by atoms with van der Waals surface area (Å²) in [6, 6.07) is 18.2. The lowest BCUT2D eigenvalue weighted by Gasteiger charge is -2.19. The maximum Gasteiger partial charge on any atom is 0.312 e. The molecule has 0 saturated carbocycles. The molecule has 1 atom stereocenters. The van der Waals surface area contributed by atoms with Crippen LogP contribution in [0.3, 0.4) is 0 Å². The number of thiophene rings is 1. The molecule has 0 fully saturated rings. The largest absolute Gasteiger partial charge is 0.495 e. The number of aryl methyl sites for hydroxylation is 1. The van der Waals surface area contributed by atoms with Crippen LogP contribution in [-0.2, 0) is 20.7 Å². The molecule has 1 unspecified atom stereocenters. The Kier molecular flexibility index (Phi) is 6.45. The molecule has 28 heavy (non-hydrogen) atoms. The second-order valence-electron chi connectivity index (χ2n) is 6.23. The van der Waals surface area contributed by atoms with Crippen molar-refractivity contribution in [2.75, 3.05) is 12.4 Å². The Hall–Kier alpha value is -3.12. The average molecular weight is 395 g/mol. The van der Waals surface area contributed by atoms with Crippen LogP contribution in [0.15, 0.2) is 66.0 Å². The van der Waals surface area contributed by atoms with Crippen molar-refractivity contribution >= 4 is 28.9 Å². The van der Waals surface area contributed by atoms with Crippen molar-refractivity contribution in [3.05, 3.63) is 82.0 Å². The molecule has 0 aliphatic heterocycles. The van der Waals surface area contributed by atoms with E-state index in [0.29, 0.717) is 17.0 Å². The second-order valence-corrected chi connectivity index (χ2v) is 7.26. The number of hydrogen-bond acceptors (Lipinski definition) is 5. The molecule has 2 aromatic carbocycles. The van der Waals surface area contributed by atoms with Crippen molar-refractivity contribution in [2.45, 2.75) is 19.4 Å². The van der Waals surface area contributed by atoms with E-state index in [0.717, 1.165) is 10.4 Å². The molecule has 0 bridgehead atoms. The lowest BCUT2D eigenvalue weighted by Crippen LogP contribution is -2.26. The third-order valence-electron chi connectivity index (χ3n) is 4.10. The van der Waals surface area contributed by atoms with E-state index in [-0.39, 0.29) is 6.42 Å². The summed E-state index contributed by atoms with van der Waals surface area (Å²) in [5.74, 6) is -0.354. The molecular formula is C22H21NO4S. The zero-order chi connectivity index (χ0) is 19.9. The van der Waals surface area contributed by atoms with Gasteiger partial charge >= 0.3 is 5.97 Å². The minimum Gasteiger partial charge on any atom is -0.495 e. The average Bonchev–Trinajstić information content (AvgIpc) is 3.20. The lowest BCUT2D eigenvalue weighted by atomic mass is 10.1. The molecule has 0 spiro atoms. The number of benzene rings is 2. The zero-order valence-electron chi connectivity index (χ0n) is 15.7. The molecule has 3 rings (SSSR count). The highest BCUT2D eigenvalue weighted by atomic mass is 32.1. The highest BCUT2D eigenvalue weighted by Gasteiger charge is 2.26. The minimum atomic E-state index is -1.06. The zero-order valence-corrected chi connectivity index (χ0v) is 16.5. The molecule has 1 N–H and O–H groups in total. The number of amides is 1. The van der Waals surface area contributed by atoms with Crippen LogP contribution in [0.5, 0.6) is 5.75 Å². The standard InChI is InChI=1S/C22H21NO4S/c1-15-10-11-19(26-2)18(13-15)23-22(25)21(16-7-4-3-5-8-16)27-20(24)14-17-9-6-12-28-17/h3-13,21H,14H2,1-2H3,(H,23,25). The summed E-state index contributed by atoms with van der Waals surface area (Å²) in [4.78, 5) is 26.3. The molecule has 0 aliphatic carbocycles. The van der Waals surface area contributed by atoms with Crippen LogP contribution in [0, 0.1) is 6.92 Å². The van der Waals surface area contributed by atoms with E-state index in [1.54, 1.807) is 30.3 Å². The fourth-order valence-corrected chi connectivity index (χ4v) is 3.44. The first-order valence-electron chi connectivity index (χ1n) is 8.79. The predicted molar refractivity (Wildman–Crippen MR) is 110 cm³/mol. The topological polar surface area (TPSA) is 64.6 Å². The molecule has 0 radical (unpaired) electrons. The van der Waals surface area contributed by atoms with Gasteiger partial charge in [0.15, 0.2) is 0 Å². The number of anilines is 1. The SMILES string of the molecule is COc1ccc(C)cc1NC(=O)C(OC(=O)Cc1cccs1)c1ccccc1. The van der Waals surface area contributed by atoms with Gasteiger partial charge < -0.3 is 14.8 Å². The van der Waals surface area contributed by atoms with E-state index in [2.05, 4.69) is 5.32 Å². The van der Waals surface area contributed by atoms with Gasteiger partial charge in [-0.2, -0.15) is 0 Å². The van der Waals surface area contributed by atoms with Crippen molar-refractivity contribution in [3.8, 4) is 5.75 Å². The molecule has 5 nitrogen and oxygen atoms in total. The van der Waals surface area contributed by atoms with Crippen molar-refractivity contribution in [3.63, 3.8) is 0 Å². The van der Waals surface area contributed by atoms with E-state index in [1.807, 2.05) is 42.6 Å². The number of methoxy groups -OCH3 is 1. The molecule has 3 aromatic rings. The summed E-state index contributed by atoms with van der Waals surface area (Å²) >= 11 is 1.47. The van der Waals surface area contributed by atoms with Gasteiger partial charge in [-0.05, 0) is 36.1 Å². The van der Waals surface area contributed by atoms with Crippen LogP contribution >= 0.6 is 11.3 Å². The number of carbonyl (C=O) groups excluding carboxylic acids is 2. The highest BCUT2D eigenvalue weighted by molar-refractivity contribution is 7.10. The van der Waals surface area contributed by atoms with Gasteiger partial charge in [-0.15, -0.1) is 11.3 Å². The second kappa shape index (κ2) is 9.19. The van der Waals surface area contributed by atoms with Gasteiger partial charge in [0.1, 0.15) is 5.75 Å². The number of rotatable bonds is 7. The number of nitrogens with one attached hydrogen (secondary N) is 1. The van der Waals surface area contributed by atoms with E-state index < -0.39 is 18.0 Å². The third-order valence-corrected chi connectivity index (χ3v) is 4.98. The maximum absolute atomic E-state index is 13.0. The Morgan fingerprint density at radius 2 is 1.86 bits per heavy atom. The van der Waals surface area contributed by atoms with Gasteiger partial charge in [-0.3, -0.25) is 9.59 Å². The molecule has 1 heterocycles. The van der Waals surface area contributed by atoms with Gasteiger partial charge in [0.05, 0.1) is 19.2 Å². The Morgan fingerprint density at radius 1 is 1.07 bits per heavy atom. The van der Waals surface area contributed by atoms with Crippen LogP contribution < -0.4 is 10.1 Å². The molecule has 0 saturated heterocycles. The first-order valence-corrected chi connectivity index (χ1v) is 9.67. The van der Waals surface area contributed by atoms with E-state index in [9.17, 15) is 9.59 Å². The quantitative estimate of drug-likeness (QED) is 0.597. The van der Waals surface area contributed by atoms with Crippen LogP contribution in [-0.4, -0.2) is 19.0 Å². The maximum atomic E-state index is 13.0. The van der Waals surface area contributed by atoms with Crippen LogP contribution in [0.4, 0.5) is 5.69 Å². The third kappa shape index (κ3) is 4.98. The van der Waals surface area contributed by atoms with Gasteiger partial charge in [0.25, 0.3) is 5.91 Å². The Morgan fingerprint density at radius 3 is 2.54 bits per heavy atom. The number of carbonyl (C=O) groups is 2. The van der Waals surface area contributed by atoms with Crippen LogP contribution in [0.25, 0.3) is 0 Å². The van der Waals surface area contributed by atoms with E-state index >= 15 is 0 Å². The summed E-state index contributed by atoms with van der Waals surface area (Å²) in [7, 11) is 1.54. The number of ether oxygens (including phenoxy) is 2. The summed E-state index contributed by atoms with van der Waals surface area (Å²) in [6.07, 6.45) is -0.930. The molecule has 0 aliphatic rings. The normalized spacial score (nSPS) is 11.5. The van der Waals surface area contributed by atoms with Crippen LogP contribution in [0.2, 0.25) is 0 Å². The molecular weight excluding hydrogens is 374 g/mol. The fraction of sp³-hybridized carbons (Fsp3) is 0.182. The Balaban J connectivity index is 1.81. The molecule has 1 aromatic heterocycles. The van der Waals surface area contributed by atoms with Gasteiger partial charge in [0, 0.05) is 10.4 Å². The van der Waals surface area contributed by atoms with E-state index in [1.165, 1.54) is 18.4 Å². The molecule has 1 amide bonds. The highest BCUT2D eigenvalue weighted by Crippen LogP contribution is 2.28. The summed E-state index contributed by atoms with van der Waals surface area (Å²) < 4.78 is 10.9. The van der Waals surface area contributed by atoms with Crippen molar-refractivity contribution in [2.24, 2.45) is 0 Å². The smallest absolute Gasteiger partial charge is 0.312 e. The van der Waals surface area contributed by atoms with E-state index in [4.69, 9.17) is 9.47 Å².